The summed E-state index contributed by atoms with van der Waals surface area (Å²) in [5, 5.41) is 9.10. The lowest BCUT2D eigenvalue weighted by atomic mass is 9.80. The van der Waals surface area contributed by atoms with E-state index in [9.17, 15) is 9.18 Å². The minimum Gasteiger partial charge on any atom is -0.459 e. The van der Waals surface area contributed by atoms with Gasteiger partial charge in [0.1, 0.15) is 12.2 Å². The Labute approximate surface area is 155 Å². The van der Waals surface area contributed by atoms with Crippen LogP contribution in [0.3, 0.4) is 0 Å². The van der Waals surface area contributed by atoms with Gasteiger partial charge in [0.25, 0.3) is 0 Å². The Morgan fingerprint density at radius 3 is 2.54 bits per heavy atom. The summed E-state index contributed by atoms with van der Waals surface area (Å²) in [4.78, 5) is 12.2. The normalized spacial score (nSPS) is 22.3. The molecule has 0 bridgehead atoms. The highest BCUT2D eigenvalue weighted by Crippen LogP contribution is 2.34. The molecule has 1 unspecified atom stereocenters. The number of ether oxygens (including phenoxy) is 1. The van der Waals surface area contributed by atoms with Crippen molar-refractivity contribution in [3.05, 3.63) is 60.2 Å². The molecule has 0 heterocycles. The first-order valence-corrected chi connectivity index (χ1v) is 9.20. The van der Waals surface area contributed by atoms with Crippen LogP contribution in [0.25, 0.3) is 0 Å². The lowest BCUT2D eigenvalue weighted by molar-refractivity contribution is 0.0145. The van der Waals surface area contributed by atoms with Crippen molar-refractivity contribution < 1.29 is 13.9 Å². The zero-order valence-electron chi connectivity index (χ0n) is 15.3. The molecule has 1 atom stereocenters. The maximum atomic E-state index is 14.5. The highest BCUT2D eigenvalue weighted by Gasteiger charge is 2.33. The average Bonchev–Trinajstić information content (AvgIpc) is 2.68. The lowest BCUT2D eigenvalue weighted by Gasteiger charge is -2.30. The molecule has 1 aromatic carbocycles. The van der Waals surface area contributed by atoms with Crippen LogP contribution >= 0.6 is 0 Å². The fourth-order valence-corrected chi connectivity index (χ4v) is 3.34. The van der Waals surface area contributed by atoms with Gasteiger partial charge in [-0.3, -0.25) is 0 Å². The van der Waals surface area contributed by atoms with Gasteiger partial charge in [-0.25, -0.2) is 9.18 Å². The molecule has 1 saturated carbocycles. The summed E-state index contributed by atoms with van der Waals surface area (Å²) >= 11 is 0. The van der Waals surface area contributed by atoms with Crippen LogP contribution < -0.4 is 0 Å². The van der Waals surface area contributed by atoms with E-state index in [1.807, 2.05) is 12.1 Å². The molecule has 0 amide bonds. The van der Waals surface area contributed by atoms with E-state index in [1.165, 1.54) is 23.8 Å². The minimum absolute atomic E-state index is 0.118. The number of hydrogen-bond donors (Lipinski definition) is 0. The Bertz CT molecular complexity index is 681. The zero-order valence-corrected chi connectivity index (χ0v) is 15.3. The Morgan fingerprint density at radius 1 is 1.35 bits per heavy atom. The predicted octanol–water partition coefficient (Wildman–Crippen LogP) is 5.33. The number of rotatable bonds is 7. The van der Waals surface area contributed by atoms with Crippen LogP contribution in [-0.2, 0) is 11.2 Å². The van der Waals surface area contributed by atoms with E-state index in [1.54, 1.807) is 18.2 Å². The maximum absolute atomic E-state index is 14.5. The molecule has 0 saturated heterocycles. The van der Waals surface area contributed by atoms with E-state index in [2.05, 4.69) is 13.5 Å². The van der Waals surface area contributed by atoms with Gasteiger partial charge in [-0.05, 0) is 61.8 Å². The second-order valence-corrected chi connectivity index (χ2v) is 6.87. The first-order chi connectivity index (χ1) is 12.5. The molecule has 1 aliphatic carbocycles. The molecule has 1 aromatic rings. The molecule has 2 rings (SSSR count). The van der Waals surface area contributed by atoms with Crippen molar-refractivity contribution in [2.75, 3.05) is 0 Å². The van der Waals surface area contributed by atoms with Crippen LogP contribution in [0.2, 0.25) is 0 Å². The summed E-state index contributed by atoms with van der Waals surface area (Å²) in [7, 11) is 0. The van der Waals surface area contributed by atoms with E-state index in [4.69, 9.17) is 10.00 Å². The van der Waals surface area contributed by atoms with Gasteiger partial charge < -0.3 is 4.74 Å². The van der Waals surface area contributed by atoms with Crippen LogP contribution in [0.5, 0.6) is 0 Å². The minimum atomic E-state index is -1.95. The summed E-state index contributed by atoms with van der Waals surface area (Å²) in [5.74, 6) is -0.185. The van der Waals surface area contributed by atoms with E-state index < -0.39 is 5.67 Å². The van der Waals surface area contributed by atoms with Crippen molar-refractivity contribution >= 4 is 5.97 Å². The second-order valence-electron chi connectivity index (χ2n) is 6.87. The maximum Gasteiger partial charge on any atom is 0.338 e. The average molecular weight is 355 g/mol. The van der Waals surface area contributed by atoms with E-state index in [0.717, 1.165) is 19.3 Å². The summed E-state index contributed by atoms with van der Waals surface area (Å²) in [6, 6.07) is 9.21. The smallest absolute Gasteiger partial charge is 0.338 e. The third kappa shape index (κ3) is 5.56. The number of aryl methyl sites for hydroxylation is 1. The standard InChI is InChI=1S/C22H26FNO2/c1-3-5-14-22(23,16-24)15-18-8-12-20(13-9-18)26-21(25)19-10-6-17(4-2)7-11-19/h3,5-7,10-11,14,18,20H,1,4,8-9,12-13,15H2,2H3. The van der Waals surface area contributed by atoms with Crippen LogP contribution in [0.4, 0.5) is 4.39 Å². The number of carbonyl (C=O) groups is 1. The molecule has 0 N–H and O–H groups in total. The summed E-state index contributed by atoms with van der Waals surface area (Å²) in [6.07, 6.45) is 8.09. The van der Waals surface area contributed by atoms with Crippen LogP contribution in [0, 0.1) is 17.2 Å². The van der Waals surface area contributed by atoms with Crippen LogP contribution in [0.15, 0.2) is 49.1 Å². The number of nitriles is 1. The Morgan fingerprint density at radius 2 is 2.00 bits per heavy atom. The van der Waals surface area contributed by atoms with Crippen molar-refractivity contribution in [1.29, 1.82) is 5.26 Å². The largest absolute Gasteiger partial charge is 0.459 e. The van der Waals surface area contributed by atoms with Gasteiger partial charge >= 0.3 is 5.97 Å². The highest BCUT2D eigenvalue weighted by molar-refractivity contribution is 5.89. The Hall–Kier alpha value is -2.41. The summed E-state index contributed by atoms with van der Waals surface area (Å²) in [6.45, 7) is 5.57. The monoisotopic (exact) mass is 355 g/mol. The zero-order chi connectivity index (χ0) is 19.0. The quantitative estimate of drug-likeness (QED) is 0.491. The van der Waals surface area contributed by atoms with Gasteiger partial charge in [-0.1, -0.05) is 37.8 Å². The van der Waals surface area contributed by atoms with E-state index >= 15 is 0 Å². The predicted molar refractivity (Wildman–Crippen MR) is 100 cm³/mol. The summed E-state index contributed by atoms with van der Waals surface area (Å²) < 4.78 is 20.1. The van der Waals surface area contributed by atoms with Crippen LogP contribution in [0.1, 0.15) is 54.9 Å². The lowest BCUT2D eigenvalue weighted by Crippen LogP contribution is -2.29. The van der Waals surface area contributed by atoms with Crippen LogP contribution in [-0.4, -0.2) is 17.7 Å². The Kier molecular flexibility index (Phi) is 7.15. The van der Waals surface area contributed by atoms with E-state index in [-0.39, 0.29) is 24.4 Å². The van der Waals surface area contributed by atoms with E-state index in [0.29, 0.717) is 18.4 Å². The molecule has 138 valence electrons. The van der Waals surface area contributed by atoms with Crippen molar-refractivity contribution in [3.63, 3.8) is 0 Å². The van der Waals surface area contributed by atoms with Gasteiger partial charge in [0.05, 0.1) is 5.56 Å². The number of hydrogen-bond acceptors (Lipinski definition) is 3. The van der Waals surface area contributed by atoms with Gasteiger partial charge in [0.15, 0.2) is 0 Å². The molecule has 0 spiro atoms. The third-order valence-electron chi connectivity index (χ3n) is 4.93. The van der Waals surface area contributed by atoms with Gasteiger partial charge in [0, 0.05) is 6.42 Å². The Balaban J connectivity index is 1.84. The molecular weight excluding hydrogens is 329 g/mol. The van der Waals surface area contributed by atoms with Crippen molar-refractivity contribution in [2.45, 2.75) is 57.2 Å². The van der Waals surface area contributed by atoms with Gasteiger partial charge in [0.2, 0.25) is 5.67 Å². The molecule has 26 heavy (non-hydrogen) atoms. The fraction of sp³-hybridized carbons (Fsp3) is 0.455. The molecule has 0 aliphatic heterocycles. The number of benzene rings is 1. The molecule has 1 fully saturated rings. The first kappa shape index (κ1) is 19.9. The van der Waals surface area contributed by atoms with Gasteiger partial charge in [-0.15, -0.1) is 0 Å². The van der Waals surface area contributed by atoms with Gasteiger partial charge in [-0.2, -0.15) is 5.26 Å². The molecule has 0 aromatic heterocycles. The molecule has 0 radical (unpaired) electrons. The number of nitrogens with zero attached hydrogens (tertiary/aromatic N) is 1. The second kappa shape index (κ2) is 9.33. The first-order valence-electron chi connectivity index (χ1n) is 9.20. The number of carbonyl (C=O) groups excluding carboxylic acids is 1. The topological polar surface area (TPSA) is 50.1 Å². The molecule has 1 aliphatic rings. The third-order valence-corrected chi connectivity index (χ3v) is 4.93. The summed E-state index contributed by atoms with van der Waals surface area (Å²) in [5.41, 5.74) is -0.213. The fourth-order valence-electron chi connectivity index (χ4n) is 3.34. The van der Waals surface area contributed by atoms with Crippen molar-refractivity contribution in [3.8, 4) is 6.07 Å². The number of allylic oxidation sites excluding steroid dienone is 3. The SMILES string of the molecule is C=CC=CC(F)(C#N)CC1CCC(OC(=O)c2ccc(CC)cc2)CC1. The number of halogens is 1. The van der Waals surface area contributed by atoms with Crippen molar-refractivity contribution in [1.82, 2.24) is 0 Å². The van der Waals surface area contributed by atoms with Crippen molar-refractivity contribution in [2.24, 2.45) is 5.92 Å². The number of alkyl halides is 1. The number of esters is 1. The molecular formula is C22H26FNO2. The molecule has 3 nitrogen and oxygen atoms in total. The highest BCUT2D eigenvalue weighted by atomic mass is 19.1. The molecule has 4 heteroatoms.